The molecule has 1 atom stereocenters. The molecule has 1 aromatic heterocycles. The van der Waals surface area contributed by atoms with Gasteiger partial charge in [0.1, 0.15) is 0 Å². The van der Waals surface area contributed by atoms with Crippen LogP contribution in [-0.4, -0.2) is 11.1 Å². The van der Waals surface area contributed by atoms with Gasteiger partial charge in [-0.05, 0) is 23.9 Å². The molecule has 0 radical (unpaired) electrons. The molecular weight excluding hydrogens is 174 g/mol. The molecule has 1 heterocycles. The summed E-state index contributed by atoms with van der Waals surface area (Å²) in [5.41, 5.74) is 6.63. The van der Waals surface area contributed by atoms with Crippen molar-refractivity contribution in [2.45, 2.75) is 19.4 Å². The van der Waals surface area contributed by atoms with Gasteiger partial charge in [0, 0.05) is 10.9 Å². The molecule has 0 fully saturated rings. The van der Waals surface area contributed by atoms with E-state index >= 15 is 0 Å². The first-order valence-corrected chi connectivity index (χ1v) is 4.52. The van der Waals surface area contributed by atoms with Gasteiger partial charge in [-0.1, -0.05) is 0 Å². The number of hydrogen-bond acceptors (Lipinski definition) is 3. The van der Waals surface area contributed by atoms with Crippen LogP contribution in [-0.2, 0) is 11.2 Å². The van der Waals surface area contributed by atoms with E-state index in [1.165, 1.54) is 11.3 Å². The van der Waals surface area contributed by atoms with Crippen LogP contribution < -0.4 is 5.73 Å². The highest BCUT2D eigenvalue weighted by molar-refractivity contribution is 7.10. The molecule has 66 valence electrons. The number of aliphatic carboxylic acids is 1. The Morgan fingerprint density at radius 2 is 2.50 bits per heavy atom. The Kier molecular flexibility index (Phi) is 2.83. The molecule has 3 nitrogen and oxygen atoms in total. The first-order valence-electron chi connectivity index (χ1n) is 3.64. The van der Waals surface area contributed by atoms with Crippen molar-refractivity contribution in [1.29, 1.82) is 0 Å². The van der Waals surface area contributed by atoms with Crippen molar-refractivity contribution < 1.29 is 9.90 Å². The Bertz CT molecular complexity index is 280. The third kappa shape index (κ3) is 2.32. The summed E-state index contributed by atoms with van der Waals surface area (Å²) in [6.07, 6.45) is 0.0946. The first kappa shape index (κ1) is 9.22. The van der Waals surface area contributed by atoms with Crippen molar-refractivity contribution >= 4 is 17.3 Å². The lowest BCUT2D eigenvalue weighted by molar-refractivity contribution is -0.136. The van der Waals surface area contributed by atoms with E-state index in [0.29, 0.717) is 0 Å². The van der Waals surface area contributed by atoms with Crippen LogP contribution in [0.15, 0.2) is 11.4 Å². The van der Waals surface area contributed by atoms with Crippen molar-refractivity contribution in [3.63, 3.8) is 0 Å². The molecule has 0 saturated carbocycles. The van der Waals surface area contributed by atoms with Crippen LogP contribution in [0.3, 0.4) is 0 Å². The number of carbonyl (C=O) groups is 1. The van der Waals surface area contributed by atoms with Gasteiger partial charge in [0.25, 0.3) is 0 Å². The molecule has 0 bridgehead atoms. The fourth-order valence-corrected chi connectivity index (χ4v) is 1.86. The smallest absolute Gasteiger partial charge is 0.308 e. The molecule has 1 aromatic rings. The van der Waals surface area contributed by atoms with Crippen molar-refractivity contribution in [2.75, 3.05) is 0 Å². The largest absolute Gasteiger partial charge is 0.481 e. The topological polar surface area (TPSA) is 63.3 Å². The van der Waals surface area contributed by atoms with Gasteiger partial charge in [0.2, 0.25) is 0 Å². The molecule has 1 rings (SSSR count). The van der Waals surface area contributed by atoms with Crippen molar-refractivity contribution in [1.82, 2.24) is 0 Å². The van der Waals surface area contributed by atoms with E-state index in [4.69, 9.17) is 10.8 Å². The number of nitrogens with two attached hydrogens (primary N) is 1. The van der Waals surface area contributed by atoms with Gasteiger partial charge in [-0.2, -0.15) is 0 Å². The van der Waals surface area contributed by atoms with Gasteiger partial charge in [-0.25, -0.2) is 0 Å². The lowest BCUT2D eigenvalue weighted by Crippen LogP contribution is -2.03. The second kappa shape index (κ2) is 3.69. The average Bonchev–Trinajstić information content (AvgIpc) is 2.34. The molecule has 0 amide bonds. The Labute approximate surface area is 74.8 Å². The molecule has 0 aliphatic carbocycles. The Hall–Kier alpha value is -0.870. The van der Waals surface area contributed by atoms with Gasteiger partial charge in [0.15, 0.2) is 0 Å². The molecule has 0 aliphatic heterocycles. The number of carboxylic acids is 1. The highest BCUT2D eigenvalue weighted by Crippen LogP contribution is 2.19. The second-order valence-electron chi connectivity index (χ2n) is 2.71. The Morgan fingerprint density at radius 1 is 1.83 bits per heavy atom. The number of thiophene rings is 1. The summed E-state index contributed by atoms with van der Waals surface area (Å²) in [6, 6.07) is 1.84. The molecule has 0 spiro atoms. The molecule has 0 aromatic carbocycles. The van der Waals surface area contributed by atoms with Gasteiger partial charge >= 0.3 is 5.97 Å². The fourth-order valence-electron chi connectivity index (χ4n) is 0.878. The minimum atomic E-state index is -0.798. The minimum absolute atomic E-state index is 0.0104. The summed E-state index contributed by atoms with van der Waals surface area (Å²) in [6.45, 7) is 1.88. The van der Waals surface area contributed by atoms with Gasteiger partial charge in [-0.15, -0.1) is 11.3 Å². The third-order valence-electron chi connectivity index (χ3n) is 1.53. The normalized spacial score (nSPS) is 12.8. The van der Waals surface area contributed by atoms with Crippen LogP contribution >= 0.6 is 11.3 Å². The van der Waals surface area contributed by atoms with Crippen molar-refractivity contribution in [3.05, 3.63) is 21.9 Å². The van der Waals surface area contributed by atoms with E-state index in [2.05, 4.69) is 0 Å². The fraction of sp³-hybridized carbons (Fsp3) is 0.375. The molecule has 0 aliphatic rings. The SMILES string of the molecule is C[C@@H](N)c1csc(CC(=O)O)c1. The summed E-state index contributed by atoms with van der Waals surface area (Å²) in [4.78, 5) is 11.2. The third-order valence-corrected chi connectivity index (χ3v) is 2.48. The quantitative estimate of drug-likeness (QED) is 0.748. The molecule has 0 unspecified atom stereocenters. The summed E-state index contributed by atoms with van der Waals surface area (Å²) >= 11 is 1.45. The van der Waals surface area contributed by atoms with E-state index < -0.39 is 5.97 Å². The molecule has 3 N–H and O–H groups in total. The summed E-state index contributed by atoms with van der Waals surface area (Å²) < 4.78 is 0. The van der Waals surface area contributed by atoms with E-state index in [9.17, 15) is 4.79 Å². The minimum Gasteiger partial charge on any atom is -0.481 e. The van der Waals surface area contributed by atoms with Gasteiger partial charge < -0.3 is 10.8 Å². The van der Waals surface area contributed by atoms with Crippen LogP contribution in [0, 0.1) is 0 Å². The zero-order chi connectivity index (χ0) is 9.14. The van der Waals surface area contributed by atoms with E-state index in [1.807, 2.05) is 18.4 Å². The van der Waals surface area contributed by atoms with Crippen LogP contribution in [0.25, 0.3) is 0 Å². The van der Waals surface area contributed by atoms with Crippen molar-refractivity contribution in [3.8, 4) is 0 Å². The monoisotopic (exact) mass is 185 g/mol. The second-order valence-corrected chi connectivity index (χ2v) is 3.70. The molecule has 4 heteroatoms. The zero-order valence-electron chi connectivity index (χ0n) is 6.78. The summed E-state index contributed by atoms with van der Waals surface area (Å²) in [7, 11) is 0. The maximum atomic E-state index is 10.3. The number of hydrogen-bond donors (Lipinski definition) is 2. The van der Waals surface area contributed by atoms with Gasteiger partial charge in [-0.3, -0.25) is 4.79 Å². The standard InChI is InChI=1S/C8H11NO2S/c1-5(9)6-2-7(12-4-6)3-8(10)11/h2,4-5H,3,9H2,1H3,(H,10,11)/t5-/m1/s1. The van der Waals surface area contributed by atoms with Crippen LogP contribution in [0.5, 0.6) is 0 Å². The predicted molar refractivity (Wildman–Crippen MR) is 48.3 cm³/mol. The van der Waals surface area contributed by atoms with E-state index in [-0.39, 0.29) is 12.5 Å². The Balaban J connectivity index is 2.70. The zero-order valence-corrected chi connectivity index (χ0v) is 7.60. The predicted octanol–water partition coefficient (Wildman–Crippen LogP) is 1.39. The first-order chi connectivity index (χ1) is 5.59. The lowest BCUT2D eigenvalue weighted by atomic mass is 10.2. The number of rotatable bonds is 3. The highest BCUT2D eigenvalue weighted by atomic mass is 32.1. The van der Waals surface area contributed by atoms with Crippen LogP contribution in [0.4, 0.5) is 0 Å². The maximum absolute atomic E-state index is 10.3. The number of carboxylic acid groups (broad SMARTS) is 1. The van der Waals surface area contributed by atoms with Crippen LogP contribution in [0.1, 0.15) is 23.4 Å². The maximum Gasteiger partial charge on any atom is 0.308 e. The van der Waals surface area contributed by atoms with Crippen LogP contribution in [0.2, 0.25) is 0 Å². The average molecular weight is 185 g/mol. The van der Waals surface area contributed by atoms with Crippen molar-refractivity contribution in [2.24, 2.45) is 5.73 Å². The van der Waals surface area contributed by atoms with E-state index in [0.717, 1.165) is 10.4 Å². The molecule has 12 heavy (non-hydrogen) atoms. The summed E-state index contributed by atoms with van der Waals surface area (Å²) in [5, 5.41) is 10.4. The van der Waals surface area contributed by atoms with E-state index in [1.54, 1.807) is 0 Å². The highest BCUT2D eigenvalue weighted by Gasteiger charge is 2.06. The molecule has 0 saturated heterocycles. The summed E-state index contributed by atoms with van der Waals surface area (Å²) in [5.74, 6) is -0.798. The van der Waals surface area contributed by atoms with Gasteiger partial charge in [0.05, 0.1) is 6.42 Å². The lowest BCUT2D eigenvalue weighted by Gasteiger charge is -1.97. The molecular formula is C8H11NO2S. The Morgan fingerprint density at radius 3 is 2.92 bits per heavy atom.